The van der Waals surface area contributed by atoms with Gasteiger partial charge in [-0.1, -0.05) is 53.0 Å². The smallest absolute Gasteiger partial charge is 0.183 e. The van der Waals surface area contributed by atoms with Crippen molar-refractivity contribution in [1.29, 1.82) is 0 Å². The van der Waals surface area contributed by atoms with Gasteiger partial charge >= 0.3 is 0 Å². The van der Waals surface area contributed by atoms with Crippen LogP contribution in [0.1, 0.15) is 5.56 Å². The first kappa shape index (κ1) is 19.1. The van der Waals surface area contributed by atoms with Crippen molar-refractivity contribution in [3.63, 3.8) is 0 Å². The average Bonchev–Trinajstić information content (AvgIpc) is 3.35. The van der Waals surface area contributed by atoms with Crippen LogP contribution < -0.4 is 0 Å². The molecule has 5 nitrogen and oxygen atoms in total. The molecule has 0 saturated heterocycles. The van der Waals surface area contributed by atoms with Gasteiger partial charge in [0.2, 0.25) is 0 Å². The molecule has 0 aliphatic carbocycles. The van der Waals surface area contributed by atoms with Gasteiger partial charge in [-0.25, -0.2) is 4.98 Å². The number of halogens is 3. The fourth-order valence-corrected chi connectivity index (χ4v) is 3.92. The molecule has 0 spiro atoms. The van der Waals surface area contributed by atoms with Crippen LogP contribution in [0.2, 0.25) is 15.1 Å². The number of imidazole rings is 1. The Morgan fingerprint density at radius 3 is 2.50 bits per heavy atom. The third-order valence-electron chi connectivity index (χ3n) is 4.81. The molecule has 0 radical (unpaired) electrons. The van der Waals surface area contributed by atoms with Crippen LogP contribution in [0.25, 0.3) is 28.4 Å². The van der Waals surface area contributed by atoms with Crippen molar-refractivity contribution in [2.45, 2.75) is 6.54 Å². The summed E-state index contributed by atoms with van der Waals surface area (Å²) >= 11 is 18.8. The van der Waals surface area contributed by atoms with Crippen molar-refractivity contribution in [3.8, 4) is 22.8 Å². The minimum Gasteiger partial charge on any atom is -0.308 e. The van der Waals surface area contributed by atoms with Crippen LogP contribution in [0.3, 0.4) is 0 Å². The third kappa shape index (κ3) is 3.45. The summed E-state index contributed by atoms with van der Waals surface area (Å²) < 4.78 is 3.95. The second-order valence-electron chi connectivity index (χ2n) is 6.77. The molecule has 0 aliphatic rings. The molecule has 0 amide bonds. The van der Waals surface area contributed by atoms with Gasteiger partial charge in [0, 0.05) is 21.8 Å². The molecule has 0 saturated carbocycles. The zero-order valence-corrected chi connectivity index (χ0v) is 17.8. The van der Waals surface area contributed by atoms with E-state index in [-0.39, 0.29) is 0 Å². The van der Waals surface area contributed by atoms with Gasteiger partial charge in [-0.05, 0) is 48.0 Å². The number of rotatable bonds is 4. The molecule has 8 heteroatoms. The van der Waals surface area contributed by atoms with Gasteiger partial charge in [0.05, 0.1) is 11.6 Å². The topological polar surface area (TPSA) is 48.0 Å². The van der Waals surface area contributed by atoms with Crippen LogP contribution >= 0.6 is 34.8 Å². The van der Waals surface area contributed by atoms with Gasteiger partial charge in [-0.3, -0.25) is 4.40 Å². The van der Waals surface area contributed by atoms with Crippen molar-refractivity contribution in [2.75, 3.05) is 0 Å². The number of fused-ring (bicyclic) bond motifs is 1. The number of pyridine rings is 1. The maximum absolute atomic E-state index is 6.51. The zero-order valence-electron chi connectivity index (χ0n) is 15.5. The molecule has 30 heavy (non-hydrogen) atoms. The maximum Gasteiger partial charge on any atom is 0.183 e. The number of nitrogens with zero attached hydrogens (tertiary/aromatic N) is 5. The summed E-state index contributed by atoms with van der Waals surface area (Å²) in [6.45, 7) is 0.586. The largest absolute Gasteiger partial charge is 0.308 e. The predicted molar refractivity (Wildman–Crippen MR) is 120 cm³/mol. The number of hydrogen-bond donors (Lipinski definition) is 0. The summed E-state index contributed by atoms with van der Waals surface area (Å²) in [6, 6.07) is 18.9. The quantitative estimate of drug-likeness (QED) is 0.321. The van der Waals surface area contributed by atoms with Gasteiger partial charge < -0.3 is 4.57 Å². The van der Waals surface area contributed by atoms with Crippen LogP contribution in [-0.2, 0) is 6.54 Å². The normalized spacial score (nSPS) is 11.3. The lowest BCUT2D eigenvalue weighted by Gasteiger charge is -2.10. The highest BCUT2D eigenvalue weighted by atomic mass is 35.5. The van der Waals surface area contributed by atoms with Gasteiger partial charge in [-0.15, -0.1) is 10.2 Å². The highest BCUT2D eigenvalue weighted by molar-refractivity contribution is 6.35. The van der Waals surface area contributed by atoms with Crippen molar-refractivity contribution in [2.24, 2.45) is 0 Å². The molecule has 0 N–H and O–H groups in total. The number of hydrogen-bond acceptors (Lipinski definition) is 3. The highest BCUT2D eigenvalue weighted by Gasteiger charge is 2.22. The molecule has 148 valence electrons. The molecule has 0 atom stereocenters. The van der Waals surface area contributed by atoms with Crippen molar-refractivity contribution in [3.05, 3.63) is 93.8 Å². The Hall–Kier alpha value is -2.86. The lowest BCUT2D eigenvalue weighted by molar-refractivity contribution is 0.799. The van der Waals surface area contributed by atoms with Crippen LogP contribution in [-0.4, -0.2) is 24.1 Å². The summed E-state index contributed by atoms with van der Waals surface area (Å²) in [5.74, 6) is 0.676. The minimum absolute atomic E-state index is 0.563. The van der Waals surface area contributed by atoms with E-state index in [0.29, 0.717) is 33.1 Å². The maximum atomic E-state index is 6.51. The van der Waals surface area contributed by atoms with E-state index in [9.17, 15) is 0 Å². The Morgan fingerprint density at radius 2 is 1.67 bits per heavy atom. The first-order valence-electron chi connectivity index (χ1n) is 9.15. The molecular formula is C22H14Cl3N5. The third-order valence-corrected chi connectivity index (χ3v) is 5.62. The van der Waals surface area contributed by atoms with E-state index in [1.54, 1.807) is 18.5 Å². The lowest BCUT2D eigenvalue weighted by Crippen LogP contribution is -2.03. The van der Waals surface area contributed by atoms with Crippen LogP contribution in [0, 0.1) is 0 Å². The van der Waals surface area contributed by atoms with E-state index in [2.05, 4.69) is 10.2 Å². The van der Waals surface area contributed by atoms with E-state index < -0.39 is 0 Å². The van der Waals surface area contributed by atoms with Crippen molar-refractivity contribution in [1.82, 2.24) is 24.1 Å². The molecular weight excluding hydrogens is 441 g/mol. The fourth-order valence-electron chi connectivity index (χ4n) is 3.42. The summed E-state index contributed by atoms with van der Waals surface area (Å²) in [6.07, 6.45) is 3.65. The van der Waals surface area contributed by atoms with Gasteiger partial charge in [0.1, 0.15) is 23.4 Å². The predicted octanol–water partition coefficient (Wildman–Crippen LogP) is 6.27. The second kappa shape index (κ2) is 7.76. The molecule has 2 aromatic carbocycles. The van der Waals surface area contributed by atoms with Gasteiger partial charge in [0.15, 0.2) is 5.82 Å². The minimum atomic E-state index is 0.563. The Labute approximate surface area is 187 Å². The standard InChI is InChI=1S/C22H14Cl3N5/c23-15-6-4-14(5-7-15)12-29-13-26-28-22(29)21-20(17-11-16(24)8-9-18(17)25)27-19-3-1-2-10-30(19)21/h1-11,13H,12H2. The molecule has 0 aliphatic heterocycles. The molecule has 0 fully saturated rings. The van der Waals surface area contributed by atoms with Crippen LogP contribution in [0.5, 0.6) is 0 Å². The van der Waals surface area contributed by atoms with Crippen molar-refractivity contribution >= 4 is 40.4 Å². The Balaban J connectivity index is 1.71. The van der Waals surface area contributed by atoms with E-state index in [4.69, 9.17) is 39.8 Å². The summed E-state index contributed by atoms with van der Waals surface area (Å²) in [5, 5.41) is 10.4. The average molecular weight is 455 g/mol. The zero-order chi connectivity index (χ0) is 20.7. The highest BCUT2D eigenvalue weighted by Crippen LogP contribution is 2.37. The van der Waals surface area contributed by atoms with E-state index >= 15 is 0 Å². The monoisotopic (exact) mass is 453 g/mol. The summed E-state index contributed by atoms with van der Waals surface area (Å²) in [7, 11) is 0. The Morgan fingerprint density at radius 1 is 0.867 bits per heavy atom. The molecule has 0 unspecified atom stereocenters. The second-order valence-corrected chi connectivity index (χ2v) is 8.05. The summed E-state index contributed by atoms with van der Waals surface area (Å²) in [4.78, 5) is 4.82. The number of aromatic nitrogens is 5. The van der Waals surface area contributed by atoms with Crippen LogP contribution in [0.15, 0.2) is 73.2 Å². The molecule has 5 rings (SSSR count). The molecule has 3 heterocycles. The van der Waals surface area contributed by atoms with E-state index in [0.717, 1.165) is 22.5 Å². The molecule has 3 aromatic heterocycles. The van der Waals surface area contributed by atoms with Gasteiger partial charge in [0.25, 0.3) is 0 Å². The lowest BCUT2D eigenvalue weighted by atomic mass is 10.1. The van der Waals surface area contributed by atoms with Crippen molar-refractivity contribution < 1.29 is 0 Å². The van der Waals surface area contributed by atoms with Gasteiger partial charge in [-0.2, -0.15) is 0 Å². The molecule has 5 aromatic rings. The van der Waals surface area contributed by atoms with E-state index in [1.807, 2.05) is 63.7 Å². The van der Waals surface area contributed by atoms with E-state index in [1.165, 1.54) is 0 Å². The summed E-state index contributed by atoms with van der Waals surface area (Å²) in [5.41, 5.74) is 4.08. The SMILES string of the molecule is Clc1ccc(Cn2cnnc2-c2c(-c3cc(Cl)ccc3Cl)nc3ccccn23)cc1. The molecule has 0 bridgehead atoms. The Kier molecular flexibility index (Phi) is 4.95. The van der Waals surface area contributed by atoms with Crippen LogP contribution in [0.4, 0.5) is 0 Å². The number of benzene rings is 2. The first-order valence-corrected chi connectivity index (χ1v) is 10.3. The first-order chi connectivity index (χ1) is 14.6. The Bertz CT molecular complexity index is 1360. The fraction of sp³-hybridized carbons (Fsp3) is 0.0455.